The summed E-state index contributed by atoms with van der Waals surface area (Å²) in [6, 6.07) is 0.418. The fraction of sp³-hybridized carbons (Fsp3) is 0.800. The minimum Gasteiger partial charge on any atom is -0.382 e. The molecule has 4 heterocycles. The van der Waals surface area contributed by atoms with Gasteiger partial charge in [0, 0.05) is 25.6 Å². The summed E-state index contributed by atoms with van der Waals surface area (Å²) in [4.78, 5) is 63.3. The van der Waals surface area contributed by atoms with E-state index in [4.69, 9.17) is 34.3 Å². The van der Waals surface area contributed by atoms with Crippen LogP contribution in [0.2, 0.25) is 0 Å². The molecule has 2 aromatic rings. The van der Waals surface area contributed by atoms with Crippen molar-refractivity contribution in [1.82, 2.24) is 30.2 Å². The molecule has 3 fully saturated rings. The first-order chi connectivity index (χ1) is 25.4. The number of carbonyl (C=O) groups is 1. The maximum Gasteiger partial charge on any atom is 0.490 e. The Balaban J connectivity index is 1.27. The van der Waals surface area contributed by atoms with E-state index in [1.807, 2.05) is 0 Å². The summed E-state index contributed by atoms with van der Waals surface area (Å²) in [7, 11) is -16.9. The zero-order valence-electron chi connectivity index (χ0n) is 30.3. The number of nitrogens with one attached hydrogen (secondary N) is 2. The molecule has 0 spiro atoms. The minimum absolute atomic E-state index is 0.0356. The maximum absolute atomic E-state index is 13.4. The Bertz CT molecular complexity index is 1700. The number of nitrogens with two attached hydrogens (primary N) is 1. The molecule has 0 radical (unpaired) electrons. The molecule has 8 atom stereocenters. The van der Waals surface area contributed by atoms with Crippen LogP contribution in [0.5, 0.6) is 0 Å². The van der Waals surface area contributed by atoms with Gasteiger partial charge in [-0.1, -0.05) is 51.4 Å². The third-order valence-corrected chi connectivity index (χ3v) is 13.4. The van der Waals surface area contributed by atoms with Crippen LogP contribution in [-0.4, -0.2) is 101 Å². The molecule has 2 saturated heterocycles. The predicted octanol–water partition coefficient (Wildman–Crippen LogP) is 3.35. The fourth-order valence-corrected chi connectivity index (χ4v) is 10.4. The second-order valence-electron chi connectivity index (χ2n) is 14.3. The van der Waals surface area contributed by atoms with Gasteiger partial charge in [-0.05, 0) is 26.7 Å². The van der Waals surface area contributed by atoms with E-state index in [0.29, 0.717) is 19.1 Å². The van der Waals surface area contributed by atoms with Crippen molar-refractivity contribution in [3.05, 3.63) is 12.7 Å². The summed E-state index contributed by atoms with van der Waals surface area (Å²) in [5.74, 6) is -0.142. The van der Waals surface area contributed by atoms with Crippen molar-refractivity contribution < 1.29 is 65.4 Å². The molecule has 1 saturated carbocycles. The summed E-state index contributed by atoms with van der Waals surface area (Å²) >= 11 is 0. The number of carbonyl (C=O) groups excluding carboxylic acids is 1. The number of anilines is 1. The Kier molecular flexibility index (Phi) is 14.8. The number of hydrogen-bond donors (Lipinski definition) is 7. The van der Waals surface area contributed by atoms with Crippen LogP contribution in [0, 0.1) is 0 Å². The lowest BCUT2D eigenvalue weighted by atomic mass is 9.94. The number of nitrogens with zero attached hydrogens (tertiary/aromatic N) is 4. The number of phosphoric acid groups is 3. The number of nitrogen functional groups attached to an aromatic ring is 1. The van der Waals surface area contributed by atoms with Gasteiger partial charge in [0.1, 0.15) is 30.2 Å². The van der Waals surface area contributed by atoms with E-state index in [1.165, 1.54) is 68.6 Å². The Morgan fingerprint density at radius 3 is 2.28 bits per heavy atom. The van der Waals surface area contributed by atoms with Crippen LogP contribution < -0.4 is 16.4 Å². The number of phosphoric ester groups is 1. The molecule has 2 aromatic heterocycles. The Hall–Kier alpha value is -1.93. The van der Waals surface area contributed by atoms with Gasteiger partial charge in [0.2, 0.25) is 5.91 Å². The highest BCUT2D eigenvalue weighted by molar-refractivity contribution is 7.66. The van der Waals surface area contributed by atoms with Crippen LogP contribution in [-0.2, 0) is 45.8 Å². The first kappa shape index (κ1) is 43.2. The van der Waals surface area contributed by atoms with E-state index < -0.39 is 66.3 Å². The number of aromatic nitrogens is 4. The van der Waals surface area contributed by atoms with Gasteiger partial charge in [-0.25, -0.2) is 28.6 Å². The van der Waals surface area contributed by atoms with Crippen LogP contribution in [0.1, 0.15) is 97.1 Å². The Morgan fingerprint density at radius 1 is 0.944 bits per heavy atom. The molecule has 0 bridgehead atoms. The van der Waals surface area contributed by atoms with Gasteiger partial charge in [0.05, 0.1) is 31.1 Å². The maximum atomic E-state index is 13.4. The smallest absolute Gasteiger partial charge is 0.382 e. The van der Waals surface area contributed by atoms with Crippen molar-refractivity contribution in [3.8, 4) is 0 Å². The van der Waals surface area contributed by atoms with Gasteiger partial charge in [-0.2, -0.15) is 8.62 Å². The molecule has 8 N–H and O–H groups in total. The Morgan fingerprint density at radius 2 is 1.61 bits per heavy atom. The fourth-order valence-electron chi connectivity index (χ4n) is 7.37. The monoisotopic (exact) mass is 827 g/mol. The lowest BCUT2D eigenvalue weighted by molar-refractivity contribution is -0.146. The molecule has 54 heavy (non-hydrogen) atoms. The van der Waals surface area contributed by atoms with E-state index in [2.05, 4.69) is 34.2 Å². The summed E-state index contributed by atoms with van der Waals surface area (Å²) < 4.78 is 68.9. The quantitative estimate of drug-likeness (QED) is 0.106. The van der Waals surface area contributed by atoms with Gasteiger partial charge in [-0.15, -0.1) is 0 Å². The topological polar surface area (TPSA) is 298 Å². The second kappa shape index (κ2) is 18.6. The highest BCUT2D eigenvalue weighted by Crippen LogP contribution is 2.66. The van der Waals surface area contributed by atoms with E-state index in [9.17, 15) is 28.3 Å². The van der Waals surface area contributed by atoms with E-state index in [1.54, 1.807) is 13.8 Å². The number of ether oxygens (including phenoxy) is 3. The molecule has 6 unspecified atom stereocenters. The number of amides is 1. The third kappa shape index (κ3) is 12.5. The molecule has 0 aromatic carbocycles. The van der Waals surface area contributed by atoms with Crippen LogP contribution >= 0.6 is 23.5 Å². The molecule has 5 rings (SSSR count). The molecular weight excluding hydrogens is 775 g/mol. The van der Waals surface area contributed by atoms with Crippen molar-refractivity contribution in [2.45, 2.75) is 133 Å². The van der Waals surface area contributed by atoms with Crippen molar-refractivity contribution in [1.29, 1.82) is 0 Å². The minimum atomic E-state index is -5.76. The summed E-state index contributed by atoms with van der Waals surface area (Å²) in [6.07, 6.45) is 10.3. The number of fused-ring (bicyclic) bond motifs is 2. The molecular formula is C30H52N7O14P3. The zero-order valence-corrected chi connectivity index (χ0v) is 33.0. The second-order valence-corrected chi connectivity index (χ2v) is 18.7. The lowest BCUT2D eigenvalue weighted by Gasteiger charge is -2.33. The zero-order chi connectivity index (χ0) is 39.1. The van der Waals surface area contributed by atoms with Gasteiger partial charge in [-0.3, -0.25) is 13.9 Å². The van der Waals surface area contributed by atoms with Crippen LogP contribution in [0.3, 0.4) is 0 Å². The van der Waals surface area contributed by atoms with Gasteiger partial charge >= 0.3 is 23.5 Å². The van der Waals surface area contributed by atoms with Crippen molar-refractivity contribution in [3.63, 3.8) is 0 Å². The standard InChI is InChI=1S/C30H52N7O14P3/c1-20-15-30(2,16-23(38)33-14-13-32-21-11-9-7-5-3-4-6-8-10-12-21)49-26-25(47-20)22(17-46-53(42,43)51-54(44,45)50-52(39,40)41)48-29(26)37-19-36-24-27(31)34-18-35-28(24)37/h18-22,25-26,29,32H,3-17H2,1-2H3,(H,33,38)(H,42,43)(H,44,45)(H2,31,34,35)(H2,39,40,41)/t20?,22-,25?,26?,29-,30?/m1/s1. The normalized spacial score (nSPS) is 30.1. The average Bonchev–Trinajstić information content (AvgIpc) is 3.56. The van der Waals surface area contributed by atoms with Crippen molar-refractivity contribution >= 4 is 46.4 Å². The lowest BCUT2D eigenvalue weighted by Crippen LogP contribution is -2.44. The molecule has 3 aliphatic rings. The van der Waals surface area contributed by atoms with Gasteiger partial charge in [0.15, 0.2) is 17.7 Å². The van der Waals surface area contributed by atoms with Gasteiger partial charge in [0.25, 0.3) is 0 Å². The third-order valence-electron chi connectivity index (χ3n) is 9.56. The average molecular weight is 828 g/mol. The van der Waals surface area contributed by atoms with E-state index in [0.717, 1.165) is 12.8 Å². The summed E-state index contributed by atoms with van der Waals surface area (Å²) in [6.45, 7) is 3.80. The largest absolute Gasteiger partial charge is 0.490 e. The van der Waals surface area contributed by atoms with Crippen LogP contribution in [0.4, 0.5) is 5.82 Å². The van der Waals surface area contributed by atoms with Crippen molar-refractivity contribution in [2.24, 2.45) is 0 Å². The molecule has 1 amide bonds. The van der Waals surface area contributed by atoms with E-state index in [-0.39, 0.29) is 35.7 Å². The van der Waals surface area contributed by atoms with E-state index >= 15 is 0 Å². The summed E-state index contributed by atoms with van der Waals surface area (Å²) in [5.41, 5.74) is 5.44. The van der Waals surface area contributed by atoms with Crippen LogP contribution in [0.25, 0.3) is 11.2 Å². The molecule has 306 valence electrons. The predicted molar refractivity (Wildman–Crippen MR) is 191 cm³/mol. The number of imidazole rings is 1. The number of hydrogen-bond acceptors (Lipinski definition) is 15. The summed E-state index contributed by atoms with van der Waals surface area (Å²) in [5, 5.41) is 6.63. The first-order valence-corrected chi connectivity index (χ1v) is 22.6. The Labute approximate surface area is 312 Å². The molecule has 2 aliphatic heterocycles. The van der Waals surface area contributed by atoms with Gasteiger partial charge < -0.3 is 50.2 Å². The van der Waals surface area contributed by atoms with Crippen LogP contribution in [0.15, 0.2) is 12.7 Å². The highest BCUT2D eigenvalue weighted by atomic mass is 31.3. The molecule has 24 heteroatoms. The first-order valence-electron chi connectivity index (χ1n) is 18.1. The molecule has 21 nitrogen and oxygen atoms in total. The van der Waals surface area contributed by atoms with Crippen molar-refractivity contribution in [2.75, 3.05) is 25.4 Å². The SMILES string of the molecule is CC1CC(C)(CC(=O)NCCNC2CCCCCCCCCC2)OC2C(O1)[C@@H](COP(=O)(O)OP(=O)(O)OP(=O)(O)O)O[C@H]2n1cnc2c(N)ncnc21. The molecule has 1 aliphatic carbocycles. The highest BCUT2D eigenvalue weighted by Gasteiger charge is 2.54. The number of rotatable bonds is 14.